The summed E-state index contributed by atoms with van der Waals surface area (Å²) < 4.78 is 0. The molecule has 5 heteroatoms. The summed E-state index contributed by atoms with van der Waals surface area (Å²) >= 11 is 0. The van der Waals surface area contributed by atoms with Gasteiger partial charge in [-0.1, -0.05) is 24.3 Å². The molecule has 2 aromatic rings. The number of carboxylic acid groups (broad SMARTS) is 1. The van der Waals surface area contributed by atoms with Gasteiger partial charge in [-0.15, -0.1) is 0 Å². The Morgan fingerprint density at radius 2 is 2.05 bits per heavy atom. The lowest BCUT2D eigenvalue weighted by atomic mass is 9.93. The van der Waals surface area contributed by atoms with E-state index < -0.39 is 11.6 Å². The minimum Gasteiger partial charge on any atom is -0.477 e. The minimum atomic E-state index is -1.04. The van der Waals surface area contributed by atoms with Gasteiger partial charge in [0.15, 0.2) is 0 Å². The average molecular weight is 260 g/mol. The van der Waals surface area contributed by atoms with Crippen molar-refractivity contribution in [3.63, 3.8) is 0 Å². The summed E-state index contributed by atoms with van der Waals surface area (Å²) in [6.07, 6.45) is 0.471. The van der Waals surface area contributed by atoms with Gasteiger partial charge in [-0.05, 0) is 25.5 Å². The number of aromatic amines is 1. The molecule has 1 heterocycles. The van der Waals surface area contributed by atoms with Crippen molar-refractivity contribution in [2.45, 2.75) is 25.9 Å². The van der Waals surface area contributed by atoms with E-state index in [0.717, 1.165) is 11.1 Å². The van der Waals surface area contributed by atoms with E-state index in [9.17, 15) is 9.90 Å². The molecule has 1 aromatic heterocycles. The van der Waals surface area contributed by atoms with E-state index in [1.165, 1.54) is 6.07 Å². The third-order valence-corrected chi connectivity index (χ3v) is 2.72. The molecule has 0 spiro atoms. The SMILES string of the molecule is CC(C)(O)Cc1ccccc1-c1cc(C(=O)O)[nH]n1. The van der Waals surface area contributed by atoms with Crippen LogP contribution in [0.3, 0.4) is 0 Å². The molecule has 0 atom stereocenters. The van der Waals surface area contributed by atoms with Gasteiger partial charge >= 0.3 is 5.97 Å². The third-order valence-electron chi connectivity index (χ3n) is 2.72. The molecule has 5 nitrogen and oxygen atoms in total. The van der Waals surface area contributed by atoms with Crippen LogP contribution in [0.4, 0.5) is 0 Å². The molecule has 1 aromatic carbocycles. The number of rotatable bonds is 4. The molecule has 0 amide bonds. The van der Waals surface area contributed by atoms with Gasteiger partial charge in [-0.25, -0.2) is 4.79 Å². The zero-order chi connectivity index (χ0) is 14.0. The van der Waals surface area contributed by atoms with Gasteiger partial charge in [0, 0.05) is 12.0 Å². The van der Waals surface area contributed by atoms with Gasteiger partial charge in [-0.2, -0.15) is 5.10 Å². The van der Waals surface area contributed by atoms with E-state index in [4.69, 9.17) is 5.11 Å². The number of aliphatic hydroxyl groups is 1. The number of aromatic carboxylic acids is 1. The van der Waals surface area contributed by atoms with Crippen molar-refractivity contribution in [3.8, 4) is 11.3 Å². The molecule has 0 fully saturated rings. The molecule has 0 saturated heterocycles. The molecular weight excluding hydrogens is 244 g/mol. The smallest absolute Gasteiger partial charge is 0.353 e. The van der Waals surface area contributed by atoms with Crippen LogP contribution in [0.15, 0.2) is 30.3 Å². The zero-order valence-electron chi connectivity index (χ0n) is 10.8. The monoisotopic (exact) mass is 260 g/mol. The zero-order valence-corrected chi connectivity index (χ0v) is 10.8. The summed E-state index contributed by atoms with van der Waals surface area (Å²) in [6.45, 7) is 3.47. The van der Waals surface area contributed by atoms with Crippen molar-refractivity contribution in [1.82, 2.24) is 10.2 Å². The van der Waals surface area contributed by atoms with Crippen molar-refractivity contribution in [3.05, 3.63) is 41.6 Å². The first-order valence-corrected chi connectivity index (χ1v) is 5.96. The van der Waals surface area contributed by atoms with Gasteiger partial charge < -0.3 is 10.2 Å². The van der Waals surface area contributed by atoms with Crippen LogP contribution in [0.1, 0.15) is 29.9 Å². The van der Waals surface area contributed by atoms with Crippen LogP contribution in [0.25, 0.3) is 11.3 Å². The Bertz CT molecular complexity index is 597. The van der Waals surface area contributed by atoms with Crippen LogP contribution in [0, 0.1) is 0 Å². The lowest BCUT2D eigenvalue weighted by molar-refractivity contribution is 0.0690. The molecular formula is C14H16N2O3. The van der Waals surface area contributed by atoms with Gasteiger partial charge in [0.25, 0.3) is 0 Å². The topological polar surface area (TPSA) is 86.2 Å². The summed E-state index contributed by atoms with van der Waals surface area (Å²) in [6, 6.07) is 9.00. The van der Waals surface area contributed by atoms with Crippen molar-refractivity contribution >= 4 is 5.97 Å². The van der Waals surface area contributed by atoms with Gasteiger partial charge in [0.2, 0.25) is 0 Å². The van der Waals surface area contributed by atoms with Crippen LogP contribution < -0.4 is 0 Å². The van der Waals surface area contributed by atoms with Crippen molar-refractivity contribution < 1.29 is 15.0 Å². The fourth-order valence-electron chi connectivity index (χ4n) is 1.96. The van der Waals surface area contributed by atoms with Crippen LogP contribution in [0.2, 0.25) is 0 Å². The highest BCUT2D eigenvalue weighted by molar-refractivity contribution is 5.87. The molecule has 0 radical (unpaired) electrons. The predicted molar refractivity (Wildman–Crippen MR) is 71.0 cm³/mol. The van der Waals surface area contributed by atoms with Gasteiger partial charge in [-0.3, -0.25) is 5.10 Å². The average Bonchev–Trinajstić information content (AvgIpc) is 2.76. The minimum absolute atomic E-state index is 0.0491. The summed E-state index contributed by atoms with van der Waals surface area (Å²) in [5, 5.41) is 25.3. The first-order chi connectivity index (χ1) is 8.87. The number of hydrogen-bond acceptors (Lipinski definition) is 3. The van der Waals surface area contributed by atoms with Crippen molar-refractivity contribution in [2.75, 3.05) is 0 Å². The number of H-pyrrole nitrogens is 1. The number of hydrogen-bond donors (Lipinski definition) is 3. The van der Waals surface area contributed by atoms with E-state index in [0.29, 0.717) is 12.1 Å². The normalized spacial score (nSPS) is 11.5. The Morgan fingerprint density at radius 1 is 1.37 bits per heavy atom. The maximum Gasteiger partial charge on any atom is 0.353 e. The largest absolute Gasteiger partial charge is 0.477 e. The fraction of sp³-hybridized carbons (Fsp3) is 0.286. The maximum atomic E-state index is 10.8. The van der Waals surface area contributed by atoms with E-state index in [-0.39, 0.29) is 5.69 Å². The van der Waals surface area contributed by atoms with E-state index in [1.807, 2.05) is 24.3 Å². The number of benzene rings is 1. The first-order valence-electron chi connectivity index (χ1n) is 5.96. The Labute approximate surface area is 110 Å². The van der Waals surface area contributed by atoms with Crippen LogP contribution in [0.5, 0.6) is 0 Å². The third kappa shape index (κ3) is 3.20. The molecule has 100 valence electrons. The highest BCUT2D eigenvalue weighted by Crippen LogP contribution is 2.25. The number of carbonyl (C=O) groups is 1. The molecule has 2 rings (SSSR count). The highest BCUT2D eigenvalue weighted by Gasteiger charge is 2.18. The summed E-state index contributed by atoms with van der Waals surface area (Å²) in [7, 11) is 0. The van der Waals surface area contributed by atoms with Crippen LogP contribution >= 0.6 is 0 Å². The Morgan fingerprint density at radius 3 is 2.63 bits per heavy atom. The molecule has 0 aliphatic rings. The van der Waals surface area contributed by atoms with Gasteiger partial charge in [0.05, 0.1) is 11.3 Å². The maximum absolute atomic E-state index is 10.8. The lowest BCUT2D eigenvalue weighted by Crippen LogP contribution is -2.22. The fourth-order valence-corrected chi connectivity index (χ4v) is 1.96. The molecule has 0 unspecified atom stereocenters. The Kier molecular flexibility index (Phi) is 3.40. The number of aromatic nitrogens is 2. The number of carboxylic acids is 1. The number of nitrogens with one attached hydrogen (secondary N) is 1. The Hall–Kier alpha value is -2.14. The quantitative estimate of drug-likeness (QED) is 0.785. The second-order valence-electron chi connectivity index (χ2n) is 5.12. The standard InChI is InChI=1S/C14H16N2O3/c1-14(2,19)8-9-5-3-4-6-10(9)11-7-12(13(17)18)16-15-11/h3-7,19H,8H2,1-2H3,(H,15,16)(H,17,18). The van der Waals surface area contributed by atoms with Crippen LogP contribution in [-0.2, 0) is 6.42 Å². The Balaban J connectivity index is 2.41. The predicted octanol–water partition coefficient (Wildman–Crippen LogP) is 2.09. The highest BCUT2D eigenvalue weighted by atomic mass is 16.4. The molecule has 19 heavy (non-hydrogen) atoms. The molecule has 3 N–H and O–H groups in total. The van der Waals surface area contributed by atoms with Crippen molar-refractivity contribution in [2.24, 2.45) is 0 Å². The van der Waals surface area contributed by atoms with Crippen molar-refractivity contribution in [1.29, 1.82) is 0 Å². The van der Waals surface area contributed by atoms with E-state index in [2.05, 4.69) is 10.2 Å². The van der Waals surface area contributed by atoms with Crippen LogP contribution in [-0.4, -0.2) is 32.0 Å². The van der Waals surface area contributed by atoms with E-state index in [1.54, 1.807) is 13.8 Å². The van der Waals surface area contributed by atoms with E-state index >= 15 is 0 Å². The van der Waals surface area contributed by atoms with Gasteiger partial charge in [0.1, 0.15) is 5.69 Å². The second kappa shape index (κ2) is 4.85. The molecule has 0 bridgehead atoms. The first kappa shape index (κ1) is 13.3. The molecule has 0 aliphatic heterocycles. The summed E-state index contributed by atoms with van der Waals surface area (Å²) in [4.78, 5) is 10.8. The molecule has 0 aliphatic carbocycles. The lowest BCUT2D eigenvalue weighted by Gasteiger charge is -2.18. The molecule has 0 saturated carbocycles. The summed E-state index contributed by atoms with van der Waals surface area (Å²) in [5.41, 5.74) is 1.54. The summed E-state index contributed by atoms with van der Waals surface area (Å²) in [5.74, 6) is -1.04. The number of nitrogens with zero attached hydrogens (tertiary/aromatic N) is 1. The second-order valence-corrected chi connectivity index (χ2v) is 5.12.